The van der Waals surface area contributed by atoms with Crippen LogP contribution in [0.4, 0.5) is 11.4 Å². The van der Waals surface area contributed by atoms with Crippen LogP contribution in [0.5, 0.6) is 11.5 Å². The van der Waals surface area contributed by atoms with Crippen molar-refractivity contribution in [3.05, 3.63) is 57.6 Å². The van der Waals surface area contributed by atoms with Crippen LogP contribution in [0.2, 0.25) is 0 Å². The Hall–Kier alpha value is -3.62. The molecular formula is C21H21N3O6. The molecule has 1 saturated heterocycles. The average molecular weight is 411 g/mol. The number of benzene rings is 2. The largest absolute Gasteiger partial charge is 0.454 e. The second kappa shape index (κ2) is 8.02. The first kappa shape index (κ1) is 19.7. The van der Waals surface area contributed by atoms with E-state index in [4.69, 9.17) is 9.47 Å². The van der Waals surface area contributed by atoms with Crippen molar-refractivity contribution in [1.29, 1.82) is 0 Å². The highest BCUT2D eigenvalue weighted by Crippen LogP contribution is 2.34. The van der Waals surface area contributed by atoms with E-state index in [2.05, 4.69) is 5.32 Å². The predicted molar refractivity (Wildman–Crippen MR) is 108 cm³/mol. The molecule has 2 amide bonds. The number of ether oxygens (including phenoxy) is 2. The summed E-state index contributed by atoms with van der Waals surface area (Å²) >= 11 is 0. The van der Waals surface area contributed by atoms with E-state index >= 15 is 0 Å². The summed E-state index contributed by atoms with van der Waals surface area (Å²) in [4.78, 5) is 37.5. The molecule has 156 valence electrons. The molecule has 0 saturated carbocycles. The number of aryl methyl sites for hydroxylation is 1. The van der Waals surface area contributed by atoms with Crippen LogP contribution < -0.4 is 14.8 Å². The summed E-state index contributed by atoms with van der Waals surface area (Å²) in [5.74, 6) is 0.792. The Labute approximate surface area is 172 Å². The van der Waals surface area contributed by atoms with Gasteiger partial charge in [0.2, 0.25) is 12.7 Å². The second-order valence-corrected chi connectivity index (χ2v) is 7.38. The van der Waals surface area contributed by atoms with Crippen LogP contribution in [0.3, 0.4) is 0 Å². The predicted octanol–water partition coefficient (Wildman–Crippen LogP) is 3.12. The minimum atomic E-state index is -0.464. The lowest BCUT2D eigenvalue weighted by Gasteiger charge is -2.31. The van der Waals surface area contributed by atoms with Crippen LogP contribution in [-0.2, 0) is 4.79 Å². The summed E-state index contributed by atoms with van der Waals surface area (Å²) in [6.07, 6.45) is 1.10. The SMILES string of the molecule is Cc1cc(C(=O)N2CCC(C(=O)Nc3ccc4c(c3)OCO4)CC2)ccc1[N+](=O)[O-]. The van der Waals surface area contributed by atoms with Gasteiger partial charge in [-0.15, -0.1) is 0 Å². The number of nitro benzene ring substituents is 1. The Balaban J connectivity index is 1.34. The van der Waals surface area contributed by atoms with Gasteiger partial charge >= 0.3 is 0 Å². The van der Waals surface area contributed by atoms with Gasteiger partial charge in [-0.05, 0) is 44.0 Å². The van der Waals surface area contributed by atoms with Crippen molar-refractivity contribution in [3.8, 4) is 11.5 Å². The molecule has 0 unspecified atom stereocenters. The number of piperidine rings is 1. The van der Waals surface area contributed by atoms with E-state index in [9.17, 15) is 19.7 Å². The Kier molecular flexibility index (Phi) is 5.26. The molecule has 1 fully saturated rings. The van der Waals surface area contributed by atoms with Gasteiger partial charge < -0.3 is 19.7 Å². The van der Waals surface area contributed by atoms with Crippen molar-refractivity contribution in [2.45, 2.75) is 19.8 Å². The molecule has 0 bridgehead atoms. The lowest BCUT2D eigenvalue weighted by atomic mass is 9.95. The number of rotatable bonds is 4. The number of nitrogens with zero attached hydrogens (tertiary/aromatic N) is 2. The zero-order valence-electron chi connectivity index (χ0n) is 16.4. The molecule has 0 spiro atoms. The summed E-state index contributed by atoms with van der Waals surface area (Å²) in [6, 6.07) is 9.63. The number of anilines is 1. The minimum absolute atomic E-state index is 0.00885. The van der Waals surface area contributed by atoms with E-state index in [1.165, 1.54) is 12.1 Å². The van der Waals surface area contributed by atoms with E-state index in [1.807, 2.05) is 0 Å². The van der Waals surface area contributed by atoms with Crippen LogP contribution in [0.15, 0.2) is 36.4 Å². The molecular weight excluding hydrogens is 390 g/mol. The highest BCUT2D eigenvalue weighted by molar-refractivity contribution is 5.96. The standard InChI is InChI=1S/C21H21N3O6/c1-13-10-15(2-4-17(13)24(27)28)21(26)23-8-6-14(7-9-23)20(25)22-16-3-5-18-19(11-16)30-12-29-18/h2-5,10-11,14H,6-9,12H2,1H3,(H,22,25). The first-order valence-corrected chi connectivity index (χ1v) is 9.67. The maximum absolute atomic E-state index is 12.7. The third kappa shape index (κ3) is 3.91. The van der Waals surface area contributed by atoms with Gasteiger partial charge in [-0.1, -0.05) is 0 Å². The lowest BCUT2D eigenvalue weighted by Crippen LogP contribution is -2.41. The van der Waals surface area contributed by atoms with Crippen molar-refractivity contribution < 1.29 is 24.0 Å². The fourth-order valence-electron chi connectivity index (χ4n) is 3.74. The molecule has 0 atom stereocenters. The highest BCUT2D eigenvalue weighted by Gasteiger charge is 2.28. The van der Waals surface area contributed by atoms with Crippen LogP contribution in [0, 0.1) is 23.0 Å². The number of fused-ring (bicyclic) bond motifs is 1. The minimum Gasteiger partial charge on any atom is -0.454 e. The Morgan fingerprint density at radius 1 is 1.10 bits per heavy atom. The van der Waals surface area contributed by atoms with Crippen LogP contribution in [0.25, 0.3) is 0 Å². The van der Waals surface area contributed by atoms with Crippen molar-refractivity contribution in [1.82, 2.24) is 4.90 Å². The van der Waals surface area contributed by atoms with Crippen molar-refractivity contribution >= 4 is 23.2 Å². The topological polar surface area (TPSA) is 111 Å². The molecule has 2 aromatic rings. The zero-order valence-corrected chi connectivity index (χ0v) is 16.4. The van der Waals surface area contributed by atoms with Gasteiger partial charge in [0.05, 0.1) is 4.92 Å². The maximum Gasteiger partial charge on any atom is 0.272 e. The third-order valence-electron chi connectivity index (χ3n) is 5.43. The first-order valence-electron chi connectivity index (χ1n) is 9.67. The molecule has 2 aromatic carbocycles. The van der Waals surface area contributed by atoms with E-state index in [0.717, 1.165) is 0 Å². The van der Waals surface area contributed by atoms with E-state index < -0.39 is 4.92 Å². The molecule has 0 aromatic heterocycles. The van der Waals surface area contributed by atoms with E-state index in [-0.39, 0.29) is 30.2 Å². The molecule has 0 aliphatic carbocycles. The number of carbonyl (C=O) groups is 2. The van der Waals surface area contributed by atoms with Crippen molar-refractivity contribution in [2.75, 3.05) is 25.2 Å². The summed E-state index contributed by atoms with van der Waals surface area (Å²) < 4.78 is 10.6. The monoisotopic (exact) mass is 411 g/mol. The molecule has 9 heteroatoms. The number of nitrogens with one attached hydrogen (secondary N) is 1. The van der Waals surface area contributed by atoms with Crippen molar-refractivity contribution in [2.24, 2.45) is 5.92 Å². The second-order valence-electron chi connectivity index (χ2n) is 7.38. The molecule has 4 rings (SSSR count). The Bertz CT molecular complexity index is 1010. The first-order chi connectivity index (χ1) is 14.4. The Morgan fingerprint density at radius 2 is 1.83 bits per heavy atom. The van der Waals surface area contributed by atoms with Gasteiger partial charge in [0, 0.05) is 48.0 Å². The summed E-state index contributed by atoms with van der Waals surface area (Å²) in [6.45, 7) is 2.69. The molecule has 2 heterocycles. The van der Waals surface area contributed by atoms with Gasteiger partial charge in [0.15, 0.2) is 11.5 Å². The quantitative estimate of drug-likeness (QED) is 0.611. The van der Waals surface area contributed by atoms with Gasteiger partial charge in [-0.2, -0.15) is 0 Å². The Morgan fingerprint density at radius 3 is 2.53 bits per heavy atom. The fraction of sp³-hybridized carbons (Fsp3) is 0.333. The van der Waals surface area contributed by atoms with Gasteiger partial charge in [-0.3, -0.25) is 19.7 Å². The van der Waals surface area contributed by atoms with Gasteiger partial charge in [0.25, 0.3) is 11.6 Å². The smallest absolute Gasteiger partial charge is 0.272 e. The lowest BCUT2D eigenvalue weighted by molar-refractivity contribution is -0.385. The zero-order chi connectivity index (χ0) is 21.3. The number of hydrogen-bond donors (Lipinski definition) is 1. The third-order valence-corrected chi connectivity index (χ3v) is 5.43. The normalized spacial score (nSPS) is 15.7. The van der Waals surface area contributed by atoms with Crippen molar-refractivity contribution in [3.63, 3.8) is 0 Å². The molecule has 30 heavy (non-hydrogen) atoms. The van der Waals surface area contributed by atoms with Gasteiger partial charge in [0.1, 0.15) is 0 Å². The molecule has 9 nitrogen and oxygen atoms in total. The summed E-state index contributed by atoms with van der Waals surface area (Å²) in [5, 5.41) is 13.8. The molecule has 2 aliphatic heterocycles. The molecule has 2 aliphatic rings. The average Bonchev–Trinajstić information content (AvgIpc) is 3.21. The molecule has 0 radical (unpaired) electrons. The number of likely N-dealkylation sites (tertiary alicyclic amines) is 1. The van der Waals surface area contributed by atoms with E-state index in [1.54, 1.807) is 36.1 Å². The van der Waals surface area contributed by atoms with E-state index in [0.29, 0.717) is 54.2 Å². The highest BCUT2D eigenvalue weighted by atomic mass is 16.7. The van der Waals surface area contributed by atoms with Gasteiger partial charge in [-0.25, -0.2) is 0 Å². The van der Waals surface area contributed by atoms with Crippen LogP contribution >= 0.6 is 0 Å². The number of nitro groups is 1. The summed E-state index contributed by atoms with van der Waals surface area (Å²) in [7, 11) is 0. The molecule has 1 N–H and O–H groups in total. The van der Waals surface area contributed by atoms with Crippen LogP contribution in [-0.4, -0.2) is 41.5 Å². The summed E-state index contributed by atoms with van der Waals surface area (Å²) in [5.41, 5.74) is 1.50. The fourth-order valence-corrected chi connectivity index (χ4v) is 3.74. The number of amides is 2. The number of hydrogen-bond acceptors (Lipinski definition) is 6. The maximum atomic E-state index is 12.7. The number of carbonyl (C=O) groups excluding carboxylic acids is 2. The van der Waals surface area contributed by atoms with Crippen LogP contribution in [0.1, 0.15) is 28.8 Å².